The third-order valence-electron chi connectivity index (χ3n) is 2.91. The molecule has 0 radical (unpaired) electrons. The topological polar surface area (TPSA) is 59.1 Å². The molecule has 0 bridgehead atoms. The molecule has 0 saturated carbocycles. The summed E-state index contributed by atoms with van der Waals surface area (Å²) in [7, 11) is -2.85. The fourth-order valence-electron chi connectivity index (χ4n) is 2.05. The molecule has 1 unspecified atom stereocenters. The summed E-state index contributed by atoms with van der Waals surface area (Å²) < 4.78 is 24.9. The van der Waals surface area contributed by atoms with E-state index in [1.54, 1.807) is 11.3 Å². The molecule has 1 saturated heterocycles. The van der Waals surface area contributed by atoms with Crippen molar-refractivity contribution in [3.8, 4) is 0 Å². The van der Waals surface area contributed by atoms with Gasteiger partial charge in [-0.25, -0.2) is 13.4 Å². The molecular formula is C11H11BrN2O2S2. The Labute approximate surface area is 117 Å². The van der Waals surface area contributed by atoms with Gasteiger partial charge in [0.1, 0.15) is 0 Å². The molecule has 96 valence electrons. The molecule has 7 heteroatoms. The Hall–Kier alpha value is -0.660. The Morgan fingerprint density at radius 2 is 2.28 bits per heavy atom. The molecule has 1 aliphatic rings. The summed E-state index contributed by atoms with van der Waals surface area (Å²) in [5, 5.41) is 4.01. The van der Waals surface area contributed by atoms with Crippen LogP contribution in [0.1, 0.15) is 6.42 Å². The number of rotatable bonds is 2. The summed E-state index contributed by atoms with van der Waals surface area (Å²) >= 11 is 4.96. The highest BCUT2D eigenvalue weighted by molar-refractivity contribution is 9.10. The van der Waals surface area contributed by atoms with Gasteiger partial charge in [0.15, 0.2) is 15.0 Å². The fraction of sp³-hybridized carbons (Fsp3) is 0.364. The second-order valence-electron chi connectivity index (χ2n) is 4.38. The van der Waals surface area contributed by atoms with Crippen molar-refractivity contribution < 1.29 is 8.42 Å². The number of benzene rings is 1. The number of sulfone groups is 1. The SMILES string of the molecule is O=S1(=O)CCC(Nc2nc3cc(Br)ccc3s2)C1. The fourth-order valence-corrected chi connectivity index (χ4v) is 4.99. The molecule has 2 aromatic rings. The molecule has 2 heterocycles. The van der Waals surface area contributed by atoms with Gasteiger partial charge in [-0.1, -0.05) is 27.3 Å². The highest BCUT2D eigenvalue weighted by Gasteiger charge is 2.28. The van der Waals surface area contributed by atoms with Crippen molar-refractivity contribution in [2.45, 2.75) is 12.5 Å². The smallest absolute Gasteiger partial charge is 0.184 e. The highest BCUT2D eigenvalue weighted by Crippen LogP contribution is 2.29. The highest BCUT2D eigenvalue weighted by atomic mass is 79.9. The maximum atomic E-state index is 11.4. The van der Waals surface area contributed by atoms with Crippen molar-refractivity contribution in [2.24, 2.45) is 0 Å². The van der Waals surface area contributed by atoms with Crippen molar-refractivity contribution in [1.29, 1.82) is 0 Å². The van der Waals surface area contributed by atoms with Crippen LogP contribution < -0.4 is 5.32 Å². The molecule has 1 aromatic carbocycles. The lowest BCUT2D eigenvalue weighted by atomic mass is 10.3. The summed E-state index contributed by atoms with van der Waals surface area (Å²) in [5.74, 6) is 0.494. The molecule has 0 amide bonds. The predicted molar refractivity (Wildman–Crippen MR) is 78.0 cm³/mol. The van der Waals surface area contributed by atoms with Gasteiger partial charge in [0.05, 0.1) is 21.7 Å². The van der Waals surface area contributed by atoms with E-state index in [0.29, 0.717) is 6.42 Å². The lowest BCUT2D eigenvalue weighted by Crippen LogP contribution is -2.20. The Morgan fingerprint density at radius 1 is 1.44 bits per heavy atom. The normalized spacial score (nSPS) is 22.4. The standard InChI is InChI=1S/C11H11BrN2O2S2/c12-7-1-2-10-9(5-7)14-11(17-10)13-8-3-4-18(15,16)6-8/h1-2,5,8H,3-4,6H2,(H,13,14). The summed E-state index contributed by atoms with van der Waals surface area (Å²) in [6.07, 6.45) is 0.669. The number of nitrogens with one attached hydrogen (secondary N) is 1. The van der Waals surface area contributed by atoms with Crippen molar-refractivity contribution in [2.75, 3.05) is 16.8 Å². The number of thiazole rings is 1. The number of anilines is 1. The van der Waals surface area contributed by atoms with E-state index in [0.717, 1.165) is 19.8 Å². The van der Waals surface area contributed by atoms with E-state index >= 15 is 0 Å². The van der Waals surface area contributed by atoms with E-state index in [9.17, 15) is 8.42 Å². The molecule has 0 spiro atoms. The lowest BCUT2D eigenvalue weighted by Gasteiger charge is -2.07. The first-order valence-electron chi connectivity index (χ1n) is 5.55. The Balaban J connectivity index is 1.83. The zero-order valence-corrected chi connectivity index (χ0v) is 12.6. The van der Waals surface area contributed by atoms with Gasteiger partial charge in [-0.15, -0.1) is 0 Å². The van der Waals surface area contributed by atoms with Crippen LogP contribution in [-0.2, 0) is 9.84 Å². The van der Waals surface area contributed by atoms with E-state index in [2.05, 4.69) is 26.2 Å². The molecule has 1 aliphatic heterocycles. The van der Waals surface area contributed by atoms with Crippen LogP contribution in [-0.4, -0.2) is 30.9 Å². The van der Waals surface area contributed by atoms with Gasteiger partial charge in [-0.2, -0.15) is 0 Å². The average Bonchev–Trinajstić information content (AvgIpc) is 2.81. The Kier molecular flexibility index (Phi) is 3.07. The van der Waals surface area contributed by atoms with E-state index < -0.39 is 9.84 Å². The number of aromatic nitrogens is 1. The van der Waals surface area contributed by atoms with Crippen LogP contribution in [0.5, 0.6) is 0 Å². The number of hydrogen-bond donors (Lipinski definition) is 1. The quantitative estimate of drug-likeness (QED) is 0.907. The molecule has 18 heavy (non-hydrogen) atoms. The molecular weight excluding hydrogens is 336 g/mol. The van der Waals surface area contributed by atoms with Gasteiger partial charge >= 0.3 is 0 Å². The van der Waals surface area contributed by atoms with Crippen molar-refractivity contribution in [1.82, 2.24) is 4.98 Å². The number of nitrogens with zero attached hydrogens (tertiary/aromatic N) is 1. The third-order valence-corrected chi connectivity index (χ3v) is 6.14. The first kappa shape index (κ1) is 12.4. The van der Waals surface area contributed by atoms with Gasteiger partial charge in [-0.05, 0) is 24.6 Å². The minimum absolute atomic E-state index is 0.000923. The summed E-state index contributed by atoms with van der Waals surface area (Å²) in [6, 6.07) is 5.94. The van der Waals surface area contributed by atoms with Crippen LogP contribution >= 0.6 is 27.3 Å². The van der Waals surface area contributed by atoms with Gasteiger partial charge in [0.25, 0.3) is 0 Å². The zero-order chi connectivity index (χ0) is 12.8. The number of hydrogen-bond acceptors (Lipinski definition) is 5. The summed E-state index contributed by atoms with van der Waals surface area (Å²) in [6.45, 7) is 0. The monoisotopic (exact) mass is 346 g/mol. The Morgan fingerprint density at radius 3 is 3.00 bits per heavy atom. The minimum Gasteiger partial charge on any atom is -0.358 e. The number of halogens is 1. The van der Waals surface area contributed by atoms with Gasteiger partial charge in [-0.3, -0.25) is 0 Å². The first-order chi connectivity index (χ1) is 8.52. The molecule has 1 aromatic heterocycles. The van der Waals surface area contributed by atoms with Crippen LogP contribution in [0.3, 0.4) is 0 Å². The van der Waals surface area contributed by atoms with E-state index in [1.165, 1.54) is 0 Å². The molecule has 4 nitrogen and oxygen atoms in total. The molecule has 1 N–H and O–H groups in total. The van der Waals surface area contributed by atoms with Crippen LogP contribution in [0.4, 0.5) is 5.13 Å². The van der Waals surface area contributed by atoms with E-state index in [-0.39, 0.29) is 17.5 Å². The Bertz CT molecular complexity index is 696. The average molecular weight is 347 g/mol. The van der Waals surface area contributed by atoms with Crippen molar-refractivity contribution in [3.63, 3.8) is 0 Å². The second-order valence-corrected chi connectivity index (χ2v) is 8.55. The second kappa shape index (κ2) is 4.47. The predicted octanol–water partition coefficient (Wildman–Crippen LogP) is 2.66. The van der Waals surface area contributed by atoms with Gasteiger partial charge < -0.3 is 5.32 Å². The van der Waals surface area contributed by atoms with Gasteiger partial charge in [0.2, 0.25) is 0 Å². The zero-order valence-electron chi connectivity index (χ0n) is 9.39. The first-order valence-corrected chi connectivity index (χ1v) is 8.98. The van der Waals surface area contributed by atoms with E-state index in [1.807, 2.05) is 18.2 Å². The van der Waals surface area contributed by atoms with Crippen molar-refractivity contribution in [3.05, 3.63) is 22.7 Å². The minimum atomic E-state index is -2.85. The van der Waals surface area contributed by atoms with Crippen LogP contribution in [0.15, 0.2) is 22.7 Å². The van der Waals surface area contributed by atoms with E-state index in [4.69, 9.17) is 0 Å². The summed E-state index contributed by atoms with van der Waals surface area (Å²) in [4.78, 5) is 4.47. The molecule has 0 aliphatic carbocycles. The van der Waals surface area contributed by atoms with Gasteiger partial charge in [0, 0.05) is 10.5 Å². The summed E-state index contributed by atoms with van der Waals surface area (Å²) in [5.41, 5.74) is 0.928. The maximum Gasteiger partial charge on any atom is 0.184 e. The lowest BCUT2D eigenvalue weighted by molar-refractivity contribution is 0.602. The largest absolute Gasteiger partial charge is 0.358 e. The number of fused-ring (bicyclic) bond motifs is 1. The van der Waals surface area contributed by atoms with Crippen LogP contribution in [0.2, 0.25) is 0 Å². The molecule has 1 atom stereocenters. The van der Waals surface area contributed by atoms with Crippen LogP contribution in [0.25, 0.3) is 10.2 Å². The third kappa shape index (κ3) is 2.53. The van der Waals surface area contributed by atoms with Crippen molar-refractivity contribution >= 4 is 52.5 Å². The molecule has 3 rings (SSSR count). The van der Waals surface area contributed by atoms with Crippen LogP contribution in [0, 0.1) is 0 Å². The molecule has 1 fully saturated rings. The maximum absolute atomic E-state index is 11.4.